The second-order valence-corrected chi connectivity index (χ2v) is 7.28. The number of amides is 1. The number of carbonyl (C=O) groups excluding carboxylic acids is 1. The number of para-hydroxylation sites is 1. The fraction of sp³-hybridized carbons (Fsp3) is 0.227. The van der Waals surface area contributed by atoms with E-state index in [1.807, 2.05) is 19.9 Å². The minimum absolute atomic E-state index is 0.0845. The van der Waals surface area contributed by atoms with E-state index in [1.165, 1.54) is 12.1 Å². The van der Waals surface area contributed by atoms with E-state index in [0.717, 1.165) is 5.01 Å². The van der Waals surface area contributed by atoms with Gasteiger partial charge >= 0.3 is 5.97 Å². The summed E-state index contributed by atoms with van der Waals surface area (Å²) in [6.45, 7) is 5.51. The van der Waals surface area contributed by atoms with Crippen molar-refractivity contribution in [2.24, 2.45) is 5.10 Å². The third kappa shape index (κ3) is 4.16. The van der Waals surface area contributed by atoms with Gasteiger partial charge in [-0.2, -0.15) is 10.1 Å². The Kier molecular flexibility index (Phi) is 6.12. The van der Waals surface area contributed by atoms with Gasteiger partial charge in [-0.3, -0.25) is 4.79 Å². The minimum atomic E-state index is -1.18. The fourth-order valence-electron chi connectivity index (χ4n) is 2.99. The van der Waals surface area contributed by atoms with Crippen LogP contribution in [0.5, 0.6) is 11.5 Å². The highest BCUT2D eigenvalue weighted by Gasteiger charge is 2.30. The van der Waals surface area contributed by atoms with Gasteiger partial charge in [0, 0.05) is 5.56 Å². The number of rotatable bonds is 6. The van der Waals surface area contributed by atoms with Crippen molar-refractivity contribution in [1.82, 2.24) is 0 Å². The summed E-state index contributed by atoms with van der Waals surface area (Å²) in [5, 5.41) is 14.8. The van der Waals surface area contributed by atoms with Crippen LogP contribution in [0.3, 0.4) is 0 Å². The van der Waals surface area contributed by atoms with E-state index in [0.29, 0.717) is 34.0 Å². The predicted octanol–water partition coefficient (Wildman–Crippen LogP) is 4.64. The van der Waals surface area contributed by atoms with Crippen LogP contribution in [0.2, 0.25) is 5.02 Å². The van der Waals surface area contributed by atoms with Crippen LogP contribution in [0.4, 0.5) is 5.69 Å². The van der Waals surface area contributed by atoms with Gasteiger partial charge in [-0.1, -0.05) is 23.7 Å². The standard InChI is InChI=1S/C22H21ClN2O5/c1-12(2)30-20-14(6-5-7-19(20)29-4)10-16-13(3)24-25(21(16)26)15-8-9-18(23)17(11-15)22(27)28/h5-12H,1-4H3,(H,27,28)/b16-10-. The summed E-state index contributed by atoms with van der Waals surface area (Å²) in [5.41, 5.74) is 1.74. The minimum Gasteiger partial charge on any atom is -0.493 e. The number of hydrogen-bond donors (Lipinski definition) is 1. The van der Waals surface area contributed by atoms with E-state index < -0.39 is 5.97 Å². The van der Waals surface area contributed by atoms with Crippen molar-refractivity contribution in [3.8, 4) is 11.5 Å². The van der Waals surface area contributed by atoms with Crippen molar-refractivity contribution >= 4 is 41.0 Å². The van der Waals surface area contributed by atoms with Crippen LogP contribution in [-0.2, 0) is 4.79 Å². The summed E-state index contributed by atoms with van der Waals surface area (Å²) < 4.78 is 11.3. The zero-order chi connectivity index (χ0) is 22.0. The Morgan fingerprint density at radius 1 is 1.27 bits per heavy atom. The maximum Gasteiger partial charge on any atom is 0.337 e. The monoisotopic (exact) mass is 428 g/mol. The Morgan fingerprint density at radius 2 is 2.00 bits per heavy atom. The van der Waals surface area contributed by atoms with E-state index in [2.05, 4.69) is 5.10 Å². The lowest BCUT2D eigenvalue weighted by atomic mass is 10.1. The van der Waals surface area contributed by atoms with Gasteiger partial charge in [-0.15, -0.1) is 0 Å². The van der Waals surface area contributed by atoms with E-state index in [1.54, 1.807) is 38.3 Å². The summed E-state index contributed by atoms with van der Waals surface area (Å²) in [5.74, 6) is -0.485. The Labute approximate surface area is 179 Å². The predicted molar refractivity (Wildman–Crippen MR) is 116 cm³/mol. The molecule has 30 heavy (non-hydrogen) atoms. The maximum atomic E-state index is 13.1. The maximum absolute atomic E-state index is 13.1. The molecule has 7 nitrogen and oxygen atoms in total. The van der Waals surface area contributed by atoms with Crippen LogP contribution >= 0.6 is 11.6 Å². The zero-order valence-electron chi connectivity index (χ0n) is 17.0. The number of hydrogen-bond acceptors (Lipinski definition) is 5. The topological polar surface area (TPSA) is 88.4 Å². The Bertz CT molecular complexity index is 1080. The molecule has 1 N–H and O–H groups in total. The first-order valence-electron chi connectivity index (χ1n) is 9.21. The number of anilines is 1. The molecule has 0 saturated carbocycles. The number of methoxy groups -OCH3 is 1. The van der Waals surface area contributed by atoms with Gasteiger partial charge in [0.15, 0.2) is 11.5 Å². The van der Waals surface area contributed by atoms with Crippen molar-refractivity contribution in [3.05, 3.63) is 58.1 Å². The molecule has 0 unspecified atom stereocenters. The van der Waals surface area contributed by atoms with E-state index in [4.69, 9.17) is 21.1 Å². The lowest BCUT2D eigenvalue weighted by Crippen LogP contribution is -2.21. The first-order chi connectivity index (χ1) is 14.2. The number of nitrogens with zero attached hydrogens (tertiary/aromatic N) is 2. The molecule has 0 radical (unpaired) electrons. The molecular weight excluding hydrogens is 408 g/mol. The molecule has 0 bridgehead atoms. The zero-order valence-corrected chi connectivity index (χ0v) is 17.7. The van der Waals surface area contributed by atoms with E-state index in [-0.39, 0.29) is 22.6 Å². The molecule has 8 heteroatoms. The summed E-state index contributed by atoms with van der Waals surface area (Å²) >= 11 is 5.93. The highest BCUT2D eigenvalue weighted by Crippen LogP contribution is 2.35. The third-order valence-corrected chi connectivity index (χ3v) is 4.70. The van der Waals surface area contributed by atoms with Crippen molar-refractivity contribution in [1.29, 1.82) is 0 Å². The number of carboxylic acid groups (broad SMARTS) is 1. The molecule has 0 aromatic heterocycles. The average Bonchev–Trinajstić information content (AvgIpc) is 2.97. The number of carbonyl (C=O) groups is 2. The highest BCUT2D eigenvalue weighted by molar-refractivity contribution is 6.34. The Balaban J connectivity index is 2.02. The van der Waals surface area contributed by atoms with Gasteiger partial charge in [0.1, 0.15) is 0 Å². The molecule has 1 heterocycles. The number of ether oxygens (including phenoxy) is 2. The van der Waals surface area contributed by atoms with Crippen molar-refractivity contribution in [2.75, 3.05) is 12.1 Å². The van der Waals surface area contributed by atoms with Gasteiger partial charge in [0.05, 0.1) is 40.8 Å². The number of carboxylic acids is 1. The number of benzene rings is 2. The molecule has 0 atom stereocenters. The number of aromatic carboxylic acids is 1. The lowest BCUT2D eigenvalue weighted by molar-refractivity contribution is -0.114. The first kappa shape index (κ1) is 21.4. The summed E-state index contributed by atoms with van der Waals surface area (Å²) in [6, 6.07) is 9.70. The van der Waals surface area contributed by atoms with Gasteiger partial charge < -0.3 is 14.6 Å². The molecule has 2 aromatic rings. The third-order valence-electron chi connectivity index (χ3n) is 4.37. The Hall–Kier alpha value is -3.32. The molecule has 2 aromatic carbocycles. The van der Waals surface area contributed by atoms with Gasteiger partial charge in [-0.05, 0) is 51.1 Å². The van der Waals surface area contributed by atoms with Crippen molar-refractivity contribution < 1.29 is 24.2 Å². The average molecular weight is 429 g/mol. The molecule has 0 saturated heterocycles. The molecule has 156 valence electrons. The summed E-state index contributed by atoms with van der Waals surface area (Å²) in [7, 11) is 1.55. The molecule has 1 aliphatic rings. The van der Waals surface area contributed by atoms with Crippen molar-refractivity contribution in [3.63, 3.8) is 0 Å². The normalized spacial score (nSPS) is 15.0. The van der Waals surface area contributed by atoms with Crippen LogP contribution in [0.15, 0.2) is 47.1 Å². The highest BCUT2D eigenvalue weighted by atomic mass is 35.5. The van der Waals surface area contributed by atoms with Crippen LogP contribution < -0.4 is 14.5 Å². The van der Waals surface area contributed by atoms with Crippen LogP contribution in [0.25, 0.3) is 6.08 Å². The second-order valence-electron chi connectivity index (χ2n) is 6.87. The molecule has 1 amide bonds. The van der Waals surface area contributed by atoms with Crippen LogP contribution in [-0.4, -0.2) is 35.9 Å². The molecule has 1 aliphatic heterocycles. The summed E-state index contributed by atoms with van der Waals surface area (Å²) in [4.78, 5) is 24.4. The van der Waals surface area contributed by atoms with Gasteiger partial charge in [-0.25, -0.2) is 4.79 Å². The quantitative estimate of drug-likeness (QED) is 0.677. The van der Waals surface area contributed by atoms with E-state index in [9.17, 15) is 14.7 Å². The van der Waals surface area contributed by atoms with E-state index >= 15 is 0 Å². The lowest BCUT2D eigenvalue weighted by Gasteiger charge is -2.16. The number of hydrazone groups is 1. The Morgan fingerprint density at radius 3 is 2.63 bits per heavy atom. The fourth-order valence-corrected chi connectivity index (χ4v) is 3.19. The first-order valence-corrected chi connectivity index (χ1v) is 9.59. The number of halogens is 1. The SMILES string of the molecule is COc1cccc(/C=C2\C(=O)N(c3ccc(Cl)c(C(=O)O)c3)N=C2C)c1OC(C)C. The molecule has 3 rings (SSSR count). The van der Waals surface area contributed by atoms with Crippen LogP contribution in [0.1, 0.15) is 36.7 Å². The molecule has 0 fully saturated rings. The van der Waals surface area contributed by atoms with Gasteiger partial charge in [0.2, 0.25) is 0 Å². The van der Waals surface area contributed by atoms with Gasteiger partial charge in [0.25, 0.3) is 5.91 Å². The summed E-state index contributed by atoms with van der Waals surface area (Å²) in [6.07, 6.45) is 1.60. The molecular formula is C22H21ClN2O5. The largest absolute Gasteiger partial charge is 0.493 e. The van der Waals surface area contributed by atoms with Crippen molar-refractivity contribution in [2.45, 2.75) is 26.9 Å². The molecule has 0 aliphatic carbocycles. The molecule has 0 spiro atoms. The van der Waals surface area contributed by atoms with Crippen LogP contribution in [0, 0.1) is 0 Å². The second kappa shape index (κ2) is 8.59. The smallest absolute Gasteiger partial charge is 0.337 e.